The van der Waals surface area contributed by atoms with E-state index in [9.17, 15) is 9.59 Å². The number of hydrogen-bond donors (Lipinski definition) is 1. The van der Waals surface area contributed by atoms with Crippen LogP contribution in [0.2, 0.25) is 5.02 Å². The molecule has 1 fully saturated rings. The van der Waals surface area contributed by atoms with Crippen molar-refractivity contribution in [3.63, 3.8) is 0 Å². The summed E-state index contributed by atoms with van der Waals surface area (Å²) >= 11 is 5.99. The van der Waals surface area contributed by atoms with Crippen molar-refractivity contribution in [3.8, 4) is 0 Å². The Kier molecular flexibility index (Phi) is 4.53. The van der Waals surface area contributed by atoms with Crippen molar-refractivity contribution in [2.24, 2.45) is 0 Å². The van der Waals surface area contributed by atoms with Gasteiger partial charge < -0.3 is 14.8 Å². The lowest BCUT2D eigenvalue weighted by molar-refractivity contribution is -0.110. The molecular formula is C19H23ClN2O4. The summed E-state index contributed by atoms with van der Waals surface area (Å²) < 4.78 is 11.3. The fourth-order valence-corrected chi connectivity index (χ4v) is 3.32. The number of amides is 2. The lowest BCUT2D eigenvalue weighted by Gasteiger charge is -2.34. The number of ether oxygens (including phenoxy) is 2. The van der Waals surface area contributed by atoms with Crippen LogP contribution in [0.1, 0.15) is 40.2 Å². The van der Waals surface area contributed by atoms with Gasteiger partial charge >= 0.3 is 6.09 Å². The summed E-state index contributed by atoms with van der Waals surface area (Å²) in [5.41, 5.74) is 0.462. The zero-order valence-electron chi connectivity index (χ0n) is 15.6. The normalized spacial score (nSPS) is 23.2. The van der Waals surface area contributed by atoms with Crippen LogP contribution in [-0.4, -0.2) is 40.9 Å². The first-order chi connectivity index (χ1) is 12.0. The van der Waals surface area contributed by atoms with Crippen molar-refractivity contribution in [1.82, 2.24) is 4.90 Å². The Morgan fingerprint density at radius 1 is 1.42 bits per heavy atom. The Morgan fingerprint density at radius 3 is 2.77 bits per heavy atom. The Hall–Kier alpha value is -2.05. The van der Waals surface area contributed by atoms with Crippen LogP contribution in [0.3, 0.4) is 0 Å². The van der Waals surface area contributed by atoms with Crippen LogP contribution in [0.5, 0.6) is 0 Å². The van der Waals surface area contributed by atoms with Crippen molar-refractivity contribution in [1.29, 1.82) is 0 Å². The molecule has 140 valence electrons. The number of rotatable bonds is 1. The van der Waals surface area contributed by atoms with Gasteiger partial charge in [-0.25, -0.2) is 4.79 Å². The molecule has 2 heterocycles. The maximum absolute atomic E-state index is 12.7. The zero-order chi connectivity index (χ0) is 19.3. The van der Waals surface area contributed by atoms with Crippen molar-refractivity contribution in [3.05, 3.63) is 34.9 Å². The Balaban J connectivity index is 1.94. The molecule has 0 radical (unpaired) electrons. The van der Waals surface area contributed by atoms with Gasteiger partial charge in [-0.05, 0) is 52.8 Å². The molecule has 1 aromatic rings. The third kappa shape index (κ3) is 3.57. The number of nitrogens with one attached hydrogen (secondary N) is 1. The van der Waals surface area contributed by atoms with Crippen molar-refractivity contribution < 1.29 is 19.1 Å². The second kappa shape index (κ2) is 6.28. The second-order valence-electron chi connectivity index (χ2n) is 7.90. The maximum Gasteiger partial charge on any atom is 0.413 e. The number of halogens is 1. The molecule has 2 aliphatic rings. The summed E-state index contributed by atoms with van der Waals surface area (Å²) in [5.74, 6) is -0.226. The van der Waals surface area contributed by atoms with Crippen molar-refractivity contribution in [2.75, 3.05) is 11.9 Å². The minimum atomic E-state index is -0.831. The van der Waals surface area contributed by atoms with E-state index in [0.29, 0.717) is 16.3 Å². The molecule has 7 heteroatoms. The summed E-state index contributed by atoms with van der Waals surface area (Å²) in [7, 11) is 0. The molecule has 0 spiro atoms. The highest BCUT2D eigenvalue weighted by atomic mass is 35.5. The number of anilines is 1. The molecule has 3 rings (SSSR count). The van der Waals surface area contributed by atoms with Gasteiger partial charge in [0.05, 0.1) is 18.3 Å². The summed E-state index contributed by atoms with van der Waals surface area (Å²) in [5, 5.41) is 3.35. The molecule has 2 amide bonds. The van der Waals surface area contributed by atoms with Crippen molar-refractivity contribution >= 4 is 34.9 Å². The van der Waals surface area contributed by atoms with Gasteiger partial charge in [0.15, 0.2) is 0 Å². The molecule has 0 bridgehead atoms. The topological polar surface area (TPSA) is 67.9 Å². The summed E-state index contributed by atoms with van der Waals surface area (Å²) in [6.45, 7) is 9.33. The largest absolute Gasteiger partial charge is 0.444 e. The first-order valence-electron chi connectivity index (χ1n) is 8.47. The highest BCUT2D eigenvalue weighted by molar-refractivity contribution is 6.34. The van der Waals surface area contributed by atoms with Gasteiger partial charge in [0.1, 0.15) is 11.3 Å². The Bertz CT molecular complexity index is 795. The van der Waals surface area contributed by atoms with Gasteiger partial charge in [0, 0.05) is 16.2 Å². The van der Waals surface area contributed by atoms with Gasteiger partial charge in [-0.15, -0.1) is 0 Å². The SMILES string of the molecule is CC(C)(C)OC(=O)N1[C@H](/C=C2/C(=O)Nc3cc(Cl)ccc32)COC1(C)C. The van der Waals surface area contributed by atoms with Crippen LogP contribution in [0.15, 0.2) is 24.3 Å². The van der Waals surface area contributed by atoms with Crippen LogP contribution < -0.4 is 5.32 Å². The van der Waals surface area contributed by atoms with E-state index in [1.165, 1.54) is 4.90 Å². The number of nitrogens with zero attached hydrogens (tertiary/aromatic N) is 1. The minimum Gasteiger partial charge on any atom is -0.444 e. The van der Waals surface area contributed by atoms with Gasteiger partial charge in [0.2, 0.25) is 0 Å². The summed E-state index contributed by atoms with van der Waals surface area (Å²) in [6, 6.07) is 4.81. The number of carbonyl (C=O) groups is 2. The third-order valence-electron chi connectivity index (χ3n) is 4.23. The quantitative estimate of drug-likeness (QED) is 0.748. The molecule has 1 N–H and O–H groups in total. The first kappa shape index (κ1) is 18.7. The predicted octanol–water partition coefficient (Wildman–Crippen LogP) is 4.05. The summed E-state index contributed by atoms with van der Waals surface area (Å²) in [6.07, 6.45) is 1.28. The van der Waals surface area contributed by atoms with Crippen LogP contribution in [-0.2, 0) is 14.3 Å². The maximum atomic E-state index is 12.7. The monoisotopic (exact) mass is 378 g/mol. The molecule has 6 nitrogen and oxygen atoms in total. The van der Waals surface area contributed by atoms with Gasteiger partial charge in [0.25, 0.3) is 5.91 Å². The van der Waals surface area contributed by atoms with E-state index < -0.39 is 23.5 Å². The van der Waals surface area contributed by atoms with E-state index in [1.807, 2.05) is 20.8 Å². The van der Waals surface area contributed by atoms with E-state index in [2.05, 4.69) is 5.32 Å². The second-order valence-corrected chi connectivity index (χ2v) is 8.34. The molecule has 26 heavy (non-hydrogen) atoms. The standard InChI is InChI=1S/C19H23ClN2O4/c1-18(2,3)26-17(24)22-12(10-25-19(22,4)5)9-14-13-7-6-11(20)8-15(13)21-16(14)23/h6-9,12H,10H2,1-5H3,(H,21,23)/b14-9+/t12-/m1/s1. The Labute approximate surface area is 158 Å². The van der Waals surface area contributed by atoms with Crippen LogP contribution in [0.25, 0.3) is 5.57 Å². The van der Waals surface area contributed by atoms with E-state index >= 15 is 0 Å². The molecular weight excluding hydrogens is 356 g/mol. The van der Waals surface area contributed by atoms with Crippen LogP contribution in [0, 0.1) is 0 Å². The van der Waals surface area contributed by atoms with E-state index in [-0.39, 0.29) is 12.5 Å². The number of carbonyl (C=O) groups excluding carboxylic acids is 2. The van der Waals surface area contributed by atoms with Gasteiger partial charge in [-0.1, -0.05) is 17.7 Å². The number of hydrogen-bond acceptors (Lipinski definition) is 4. The Morgan fingerprint density at radius 2 is 2.12 bits per heavy atom. The molecule has 0 aliphatic carbocycles. The van der Waals surface area contributed by atoms with E-state index in [1.54, 1.807) is 38.1 Å². The average Bonchev–Trinajstić information content (AvgIpc) is 2.94. The molecule has 0 unspecified atom stereocenters. The van der Waals surface area contributed by atoms with Gasteiger partial charge in [-0.3, -0.25) is 9.69 Å². The minimum absolute atomic E-state index is 0.226. The zero-order valence-corrected chi connectivity index (χ0v) is 16.3. The van der Waals surface area contributed by atoms with Crippen molar-refractivity contribution in [2.45, 2.75) is 52.0 Å². The van der Waals surface area contributed by atoms with E-state index in [0.717, 1.165) is 5.56 Å². The predicted molar refractivity (Wildman–Crippen MR) is 100.0 cm³/mol. The molecule has 0 saturated carbocycles. The molecule has 1 atom stereocenters. The van der Waals surface area contributed by atoms with E-state index in [4.69, 9.17) is 21.1 Å². The average molecular weight is 379 g/mol. The molecule has 1 aromatic carbocycles. The lowest BCUT2D eigenvalue weighted by atomic mass is 10.0. The smallest absolute Gasteiger partial charge is 0.413 e. The van der Waals surface area contributed by atoms with Gasteiger partial charge in [-0.2, -0.15) is 0 Å². The fourth-order valence-electron chi connectivity index (χ4n) is 3.15. The molecule has 2 aliphatic heterocycles. The van der Waals surface area contributed by atoms with Crippen LogP contribution >= 0.6 is 11.6 Å². The number of fused-ring (bicyclic) bond motifs is 1. The van der Waals surface area contributed by atoms with Crippen LogP contribution in [0.4, 0.5) is 10.5 Å². The third-order valence-corrected chi connectivity index (χ3v) is 4.47. The first-order valence-corrected chi connectivity index (χ1v) is 8.85. The number of benzene rings is 1. The molecule has 1 saturated heterocycles. The lowest BCUT2D eigenvalue weighted by Crippen LogP contribution is -2.49. The summed E-state index contributed by atoms with van der Waals surface area (Å²) in [4.78, 5) is 26.6. The highest BCUT2D eigenvalue weighted by Gasteiger charge is 2.45. The highest BCUT2D eigenvalue weighted by Crippen LogP contribution is 2.37. The molecule has 0 aromatic heterocycles. The fraction of sp³-hybridized carbons (Fsp3) is 0.474.